The maximum atomic E-state index is 13.2. The fourth-order valence-electron chi connectivity index (χ4n) is 3.05. The smallest absolute Gasteiger partial charge is 0.261 e. The minimum atomic E-state index is -0.305. The van der Waals surface area contributed by atoms with E-state index in [4.69, 9.17) is 5.11 Å². The molecule has 0 aliphatic rings. The van der Waals surface area contributed by atoms with Crippen molar-refractivity contribution < 1.29 is 9.50 Å². The van der Waals surface area contributed by atoms with Crippen molar-refractivity contribution in [1.82, 2.24) is 19.2 Å². The van der Waals surface area contributed by atoms with E-state index in [0.29, 0.717) is 16.6 Å². The SMILES string of the molecule is Cc1nn2c(ncc3c(=O)n(CCO)ccc32)c1-c1ccc(F)cc1. The molecule has 6 nitrogen and oxygen atoms in total. The minimum Gasteiger partial charge on any atom is -0.395 e. The molecular weight excluding hydrogens is 323 g/mol. The van der Waals surface area contributed by atoms with Crippen LogP contribution in [0.2, 0.25) is 0 Å². The molecule has 1 aromatic carbocycles. The molecule has 25 heavy (non-hydrogen) atoms. The van der Waals surface area contributed by atoms with Crippen LogP contribution in [0.4, 0.5) is 4.39 Å². The predicted octanol–water partition coefficient (Wildman–Crippen LogP) is 2.15. The summed E-state index contributed by atoms with van der Waals surface area (Å²) >= 11 is 0. The average Bonchev–Trinajstić information content (AvgIpc) is 2.94. The number of nitrogens with zero attached hydrogens (tertiary/aromatic N) is 4. The van der Waals surface area contributed by atoms with Gasteiger partial charge < -0.3 is 9.67 Å². The zero-order valence-corrected chi connectivity index (χ0v) is 13.5. The van der Waals surface area contributed by atoms with Gasteiger partial charge in [0.1, 0.15) is 5.82 Å². The Labute approximate surface area is 141 Å². The van der Waals surface area contributed by atoms with E-state index in [1.165, 1.54) is 22.9 Å². The summed E-state index contributed by atoms with van der Waals surface area (Å²) < 4.78 is 16.3. The molecule has 0 saturated heterocycles. The Hall–Kier alpha value is -3.06. The number of hydrogen-bond donors (Lipinski definition) is 1. The number of rotatable bonds is 3. The first-order valence-corrected chi connectivity index (χ1v) is 7.84. The molecule has 1 N–H and O–H groups in total. The number of aliphatic hydroxyl groups excluding tert-OH is 1. The topological polar surface area (TPSA) is 72.4 Å². The number of benzene rings is 1. The van der Waals surface area contributed by atoms with Crippen LogP contribution in [0.5, 0.6) is 0 Å². The van der Waals surface area contributed by atoms with Crippen molar-refractivity contribution in [3.63, 3.8) is 0 Å². The number of fused-ring (bicyclic) bond motifs is 3. The number of pyridine rings is 1. The van der Waals surface area contributed by atoms with Gasteiger partial charge in [-0.2, -0.15) is 5.10 Å². The fourth-order valence-corrected chi connectivity index (χ4v) is 3.05. The molecule has 0 bridgehead atoms. The third-order valence-corrected chi connectivity index (χ3v) is 4.23. The normalized spacial score (nSPS) is 11.5. The number of aromatic nitrogens is 4. The van der Waals surface area contributed by atoms with Gasteiger partial charge in [-0.25, -0.2) is 13.9 Å². The summed E-state index contributed by atoms with van der Waals surface area (Å²) in [6.45, 7) is 1.97. The lowest BCUT2D eigenvalue weighted by atomic mass is 10.1. The Balaban J connectivity index is 2.01. The number of aliphatic hydroxyl groups is 1. The largest absolute Gasteiger partial charge is 0.395 e. The van der Waals surface area contributed by atoms with Crippen LogP contribution >= 0.6 is 0 Å². The predicted molar refractivity (Wildman–Crippen MR) is 92.0 cm³/mol. The monoisotopic (exact) mass is 338 g/mol. The highest BCUT2D eigenvalue weighted by Crippen LogP contribution is 2.28. The first-order valence-electron chi connectivity index (χ1n) is 7.84. The van der Waals surface area contributed by atoms with Crippen LogP contribution in [0.25, 0.3) is 27.7 Å². The van der Waals surface area contributed by atoms with Crippen molar-refractivity contribution in [1.29, 1.82) is 0 Å². The summed E-state index contributed by atoms with van der Waals surface area (Å²) in [5, 5.41) is 14.0. The zero-order valence-electron chi connectivity index (χ0n) is 13.5. The van der Waals surface area contributed by atoms with E-state index in [0.717, 1.165) is 16.8 Å². The lowest BCUT2D eigenvalue weighted by Crippen LogP contribution is -2.21. The molecule has 0 saturated carbocycles. The first kappa shape index (κ1) is 15.5. The van der Waals surface area contributed by atoms with Crippen LogP contribution in [-0.2, 0) is 6.54 Å². The molecule has 0 atom stereocenters. The van der Waals surface area contributed by atoms with Gasteiger partial charge in [0.05, 0.1) is 23.2 Å². The van der Waals surface area contributed by atoms with E-state index in [2.05, 4.69) is 10.1 Å². The number of hydrogen-bond acceptors (Lipinski definition) is 4. The molecule has 7 heteroatoms. The van der Waals surface area contributed by atoms with Gasteiger partial charge in [-0.15, -0.1) is 0 Å². The van der Waals surface area contributed by atoms with Crippen LogP contribution in [0.15, 0.2) is 47.5 Å². The second-order valence-electron chi connectivity index (χ2n) is 5.80. The molecule has 0 aliphatic heterocycles. The third-order valence-electron chi connectivity index (χ3n) is 4.23. The van der Waals surface area contributed by atoms with Gasteiger partial charge in [0.15, 0.2) is 5.65 Å². The zero-order chi connectivity index (χ0) is 17.6. The van der Waals surface area contributed by atoms with E-state index in [1.807, 2.05) is 6.92 Å². The molecule has 126 valence electrons. The molecule has 0 amide bonds. The summed E-state index contributed by atoms with van der Waals surface area (Å²) in [5.74, 6) is -0.305. The Morgan fingerprint density at radius 2 is 1.96 bits per heavy atom. The molecule has 4 rings (SSSR count). The molecule has 3 heterocycles. The van der Waals surface area contributed by atoms with Gasteiger partial charge in [0.2, 0.25) is 0 Å². The lowest BCUT2D eigenvalue weighted by Gasteiger charge is -2.06. The molecule has 0 unspecified atom stereocenters. The van der Waals surface area contributed by atoms with E-state index < -0.39 is 0 Å². The van der Waals surface area contributed by atoms with Crippen molar-refractivity contribution in [3.8, 4) is 11.1 Å². The lowest BCUT2D eigenvalue weighted by molar-refractivity contribution is 0.274. The molecule has 3 aromatic heterocycles. The molecule has 4 aromatic rings. The highest BCUT2D eigenvalue weighted by atomic mass is 19.1. The summed E-state index contributed by atoms with van der Waals surface area (Å²) in [4.78, 5) is 16.9. The molecule has 0 spiro atoms. The van der Waals surface area contributed by atoms with Crippen LogP contribution in [-0.4, -0.2) is 30.9 Å². The number of halogens is 1. The van der Waals surface area contributed by atoms with Crippen LogP contribution in [0.1, 0.15) is 5.69 Å². The molecule has 0 radical (unpaired) electrons. The van der Waals surface area contributed by atoms with Crippen LogP contribution in [0, 0.1) is 12.7 Å². The van der Waals surface area contributed by atoms with Crippen LogP contribution < -0.4 is 5.56 Å². The summed E-state index contributed by atoms with van der Waals surface area (Å²) in [6, 6.07) is 7.94. The van der Waals surface area contributed by atoms with Crippen molar-refractivity contribution in [2.75, 3.05) is 6.61 Å². The second-order valence-corrected chi connectivity index (χ2v) is 5.80. The Kier molecular flexibility index (Phi) is 3.58. The van der Waals surface area contributed by atoms with E-state index in [-0.39, 0.29) is 24.5 Å². The summed E-state index contributed by atoms with van der Waals surface area (Å²) in [6.07, 6.45) is 3.16. The van der Waals surface area contributed by atoms with Gasteiger partial charge in [0.25, 0.3) is 5.56 Å². The maximum absolute atomic E-state index is 13.2. The van der Waals surface area contributed by atoms with Crippen LogP contribution in [0.3, 0.4) is 0 Å². The summed E-state index contributed by atoms with van der Waals surface area (Å²) in [7, 11) is 0. The summed E-state index contributed by atoms with van der Waals surface area (Å²) in [5.41, 5.74) is 3.39. The molecule has 0 fully saturated rings. The maximum Gasteiger partial charge on any atom is 0.261 e. The van der Waals surface area contributed by atoms with E-state index >= 15 is 0 Å². The molecule has 0 aliphatic carbocycles. The van der Waals surface area contributed by atoms with Crippen molar-refractivity contribution >= 4 is 16.6 Å². The van der Waals surface area contributed by atoms with Gasteiger partial charge in [-0.1, -0.05) is 12.1 Å². The van der Waals surface area contributed by atoms with Gasteiger partial charge in [-0.05, 0) is 30.7 Å². The Morgan fingerprint density at radius 3 is 2.68 bits per heavy atom. The Bertz CT molecular complexity index is 1150. The van der Waals surface area contributed by atoms with E-state index in [1.54, 1.807) is 28.9 Å². The van der Waals surface area contributed by atoms with Gasteiger partial charge in [0, 0.05) is 24.5 Å². The Morgan fingerprint density at radius 1 is 1.20 bits per heavy atom. The van der Waals surface area contributed by atoms with Crippen molar-refractivity contribution in [2.24, 2.45) is 0 Å². The minimum absolute atomic E-state index is 0.114. The highest BCUT2D eigenvalue weighted by Gasteiger charge is 2.16. The highest BCUT2D eigenvalue weighted by molar-refractivity contribution is 5.86. The quantitative estimate of drug-likeness (QED) is 0.621. The van der Waals surface area contributed by atoms with E-state index in [9.17, 15) is 9.18 Å². The van der Waals surface area contributed by atoms with Crippen molar-refractivity contribution in [3.05, 3.63) is 64.6 Å². The average molecular weight is 338 g/mol. The van der Waals surface area contributed by atoms with Gasteiger partial charge >= 0.3 is 0 Å². The standard InChI is InChI=1S/C18H15FN4O2/c1-11-16(12-2-4-13(19)5-3-12)17-20-10-14-15(23(17)21-11)6-7-22(8-9-24)18(14)25/h2-7,10,24H,8-9H2,1H3. The number of aryl methyl sites for hydroxylation is 1. The van der Waals surface area contributed by atoms with Gasteiger partial charge in [-0.3, -0.25) is 4.79 Å². The fraction of sp³-hybridized carbons (Fsp3) is 0.167. The second kappa shape index (κ2) is 5.78. The molecular formula is C18H15FN4O2. The first-order chi connectivity index (χ1) is 12.1. The third kappa shape index (κ3) is 2.40. The van der Waals surface area contributed by atoms with Crippen molar-refractivity contribution in [2.45, 2.75) is 13.5 Å².